The Bertz CT molecular complexity index is 1240. The molecule has 0 spiro atoms. The van der Waals surface area contributed by atoms with E-state index in [1.54, 1.807) is 42.2 Å². The quantitative estimate of drug-likeness (QED) is 0.608. The van der Waals surface area contributed by atoms with Crippen LogP contribution in [0.2, 0.25) is 0 Å². The maximum absolute atomic E-state index is 13.2. The predicted octanol–water partition coefficient (Wildman–Crippen LogP) is 2.69. The number of aromatic nitrogens is 2. The molecule has 1 unspecified atom stereocenters. The number of carbonyl (C=O) groups is 1. The zero-order chi connectivity index (χ0) is 22.9. The summed E-state index contributed by atoms with van der Waals surface area (Å²) in [5, 5.41) is 4.47. The summed E-state index contributed by atoms with van der Waals surface area (Å²) in [5.74, 6) is 0.846. The Hall–Kier alpha value is -3.88. The molecule has 9 heteroatoms. The number of nitrogens with zero attached hydrogens (tertiary/aromatic N) is 4. The number of carbonyl (C=O) groups excluding carboxylic acids is 1. The number of piperazine rings is 1. The Morgan fingerprint density at radius 1 is 0.970 bits per heavy atom. The van der Waals surface area contributed by atoms with Crippen molar-refractivity contribution in [3.05, 3.63) is 70.8 Å². The fourth-order valence-electron chi connectivity index (χ4n) is 4.12. The zero-order valence-electron chi connectivity index (χ0n) is 18.1. The van der Waals surface area contributed by atoms with Crippen molar-refractivity contribution in [1.82, 2.24) is 14.7 Å². The van der Waals surface area contributed by atoms with Crippen molar-refractivity contribution in [2.45, 2.75) is 13.0 Å². The highest BCUT2D eigenvalue weighted by Gasteiger charge is 2.27. The summed E-state index contributed by atoms with van der Waals surface area (Å²) in [5.41, 5.74) is 1.91. The molecule has 1 atom stereocenters. The summed E-state index contributed by atoms with van der Waals surface area (Å²) in [6.45, 7) is 4.14. The second-order valence-corrected chi connectivity index (χ2v) is 8.03. The van der Waals surface area contributed by atoms with E-state index in [-0.39, 0.29) is 24.1 Å². The first-order valence-electron chi connectivity index (χ1n) is 10.8. The molecule has 0 aliphatic carbocycles. The number of benzene rings is 2. The first kappa shape index (κ1) is 21.0. The highest BCUT2D eigenvalue weighted by Crippen LogP contribution is 2.35. The maximum atomic E-state index is 13.2. The van der Waals surface area contributed by atoms with E-state index < -0.39 is 6.04 Å². The van der Waals surface area contributed by atoms with Crippen LogP contribution in [0, 0.1) is 5.82 Å². The number of fused-ring (bicyclic) bond motifs is 1. The van der Waals surface area contributed by atoms with E-state index in [4.69, 9.17) is 9.47 Å². The normalized spacial score (nSPS) is 16.1. The molecule has 0 radical (unpaired) electrons. The lowest BCUT2D eigenvalue weighted by Gasteiger charge is -2.37. The van der Waals surface area contributed by atoms with Gasteiger partial charge in [-0.25, -0.2) is 9.07 Å². The third kappa shape index (κ3) is 4.13. The molecule has 170 valence electrons. The molecule has 1 amide bonds. The Labute approximate surface area is 189 Å². The van der Waals surface area contributed by atoms with Crippen molar-refractivity contribution in [3.8, 4) is 22.8 Å². The van der Waals surface area contributed by atoms with Crippen LogP contribution in [-0.2, 0) is 4.79 Å². The van der Waals surface area contributed by atoms with E-state index in [1.807, 2.05) is 6.07 Å². The highest BCUT2D eigenvalue weighted by molar-refractivity contribution is 5.80. The van der Waals surface area contributed by atoms with Crippen molar-refractivity contribution in [1.29, 1.82) is 0 Å². The van der Waals surface area contributed by atoms with Crippen molar-refractivity contribution in [2.75, 3.05) is 37.9 Å². The van der Waals surface area contributed by atoms with Crippen LogP contribution in [0.4, 0.5) is 10.1 Å². The van der Waals surface area contributed by atoms with Crippen molar-refractivity contribution < 1.29 is 18.7 Å². The standard InChI is InChI=1S/C24H23FN4O4/c1-16(24(31)28-12-10-27(11-13-28)19-5-3-18(25)4-6-19)29-23(30)9-7-20(26-29)17-2-8-21-22(14-17)33-15-32-21/h2-9,14,16H,10-13,15H2,1H3. The summed E-state index contributed by atoms with van der Waals surface area (Å²) >= 11 is 0. The largest absolute Gasteiger partial charge is 0.454 e. The van der Waals surface area contributed by atoms with E-state index >= 15 is 0 Å². The molecule has 3 aromatic rings. The molecule has 1 fully saturated rings. The fourth-order valence-corrected chi connectivity index (χ4v) is 4.12. The molecule has 5 rings (SSSR count). The lowest BCUT2D eigenvalue weighted by atomic mass is 10.1. The van der Waals surface area contributed by atoms with Gasteiger partial charge in [-0.3, -0.25) is 9.59 Å². The summed E-state index contributed by atoms with van der Waals surface area (Å²) in [6, 6.07) is 14.1. The van der Waals surface area contributed by atoms with Crippen LogP contribution < -0.4 is 19.9 Å². The minimum Gasteiger partial charge on any atom is -0.454 e. The summed E-state index contributed by atoms with van der Waals surface area (Å²) in [6.07, 6.45) is 0. The maximum Gasteiger partial charge on any atom is 0.267 e. The van der Waals surface area contributed by atoms with Crippen LogP contribution in [-0.4, -0.2) is 53.6 Å². The number of rotatable bonds is 4. The molecule has 0 bridgehead atoms. The van der Waals surface area contributed by atoms with E-state index in [0.29, 0.717) is 43.4 Å². The van der Waals surface area contributed by atoms with Gasteiger partial charge in [-0.05, 0) is 55.5 Å². The second kappa shape index (κ2) is 8.57. The number of halogens is 1. The van der Waals surface area contributed by atoms with E-state index in [0.717, 1.165) is 11.3 Å². The molecule has 3 heterocycles. The third-order valence-corrected chi connectivity index (χ3v) is 6.00. The van der Waals surface area contributed by atoms with Gasteiger partial charge in [0, 0.05) is 43.5 Å². The Morgan fingerprint density at radius 3 is 2.45 bits per heavy atom. The third-order valence-electron chi connectivity index (χ3n) is 6.00. The van der Waals surface area contributed by atoms with E-state index in [9.17, 15) is 14.0 Å². The average molecular weight is 450 g/mol. The first-order valence-corrected chi connectivity index (χ1v) is 10.8. The van der Waals surface area contributed by atoms with Gasteiger partial charge in [0.25, 0.3) is 5.56 Å². The van der Waals surface area contributed by atoms with Crippen LogP contribution in [0.15, 0.2) is 59.4 Å². The predicted molar refractivity (Wildman–Crippen MR) is 120 cm³/mol. The van der Waals surface area contributed by atoms with Gasteiger partial charge in [-0.15, -0.1) is 0 Å². The van der Waals surface area contributed by atoms with Crippen LogP contribution in [0.1, 0.15) is 13.0 Å². The van der Waals surface area contributed by atoms with Gasteiger partial charge < -0.3 is 19.3 Å². The number of ether oxygens (including phenoxy) is 2. The first-order chi connectivity index (χ1) is 16.0. The Kier molecular flexibility index (Phi) is 5.45. The lowest BCUT2D eigenvalue weighted by molar-refractivity contribution is -0.135. The monoisotopic (exact) mass is 450 g/mol. The number of amides is 1. The summed E-state index contributed by atoms with van der Waals surface area (Å²) < 4.78 is 25.2. The molecule has 8 nitrogen and oxygen atoms in total. The molecule has 1 aromatic heterocycles. The van der Waals surface area contributed by atoms with Gasteiger partial charge in [0.15, 0.2) is 11.5 Å². The average Bonchev–Trinajstić information content (AvgIpc) is 3.32. The summed E-state index contributed by atoms with van der Waals surface area (Å²) in [7, 11) is 0. The van der Waals surface area contributed by atoms with Crippen LogP contribution in [0.3, 0.4) is 0 Å². The minimum absolute atomic E-state index is 0.161. The Balaban J connectivity index is 1.30. The van der Waals surface area contributed by atoms with Crippen molar-refractivity contribution in [2.24, 2.45) is 0 Å². The minimum atomic E-state index is -0.746. The van der Waals surface area contributed by atoms with Gasteiger partial charge in [0.2, 0.25) is 12.7 Å². The van der Waals surface area contributed by atoms with Crippen LogP contribution >= 0.6 is 0 Å². The van der Waals surface area contributed by atoms with Crippen LogP contribution in [0.5, 0.6) is 11.5 Å². The smallest absolute Gasteiger partial charge is 0.267 e. The molecule has 1 saturated heterocycles. The fraction of sp³-hybridized carbons (Fsp3) is 0.292. The van der Waals surface area contributed by atoms with Gasteiger partial charge in [-0.2, -0.15) is 5.10 Å². The molecular weight excluding hydrogens is 427 g/mol. The van der Waals surface area contributed by atoms with Crippen molar-refractivity contribution >= 4 is 11.6 Å². The SMILES string of the molecule is CC(C(=O)N1CCN(c2ccc(F)cc2)CC1)n1nc(-c2ccc3c(c2)OCO3)ccc1=O. The van der Waals surface area contributed by atoms with Gasteiger partial charge in [-0.1, -0.05) is 0 Å². The molecule has 0 saturated carbocycles. The van der Waals surface area contributed by atoms with Gasteiger partial charge in [0.05, 0.1) is 5.69 Å². The van der Waals surface area contributed by atoms with Crippen LogP contribution in [0.25, 0.3) is 11.3 Å². The second-order valence-electron chi connectivity index (χ2n) is 8.03. The number of anilines is 1. The molecule has 0 N–H and O–H groups in total. The molecule has 33 heavy (non-hydrogen) atoms. The number of hydrogen-bond donors (Lipinski definition) is 0. The summed E-state index contributed by atoms with van der Waals surface area (Å²) in [4.78, 5) is 29.5. The van der Waals surface area contributed by atoms with Gasteiger partial charge in [0.1, 0.15) is 11.9 Å². The van der Waals surface area contributed by atoms with Gasteiger partial charge >= 0.3 is 0 Å². The molecule has 2 aliphatic rings. The molecule has 2 aliphatic heterocycles. The van der Waals surface area contributed by atoms with E-state index in [1.165, 1.54) is 22.9 Å². The topological polar surface area (TPSA) is 76.9 Å². The Morgan fingerprint density at radius 2 is 1.70 bits per heavy atom. The highest BCUT2D eigenvalue weighted by atomic mass is 19.1. The number of hydrogen-bond acceptors (Lipinski definition) is 6. The van der Waals surface area contributed by atoms with E-state index in [2.05, 4.69) is 10.00 Å². The lowest BCUT2D eigenvalue weighted by Crippen LogP contribution is -2.51. The molecule has 2 aromatic carbocycles. The van der Waals surface area contributed by atoms with Crippen molar-refractivity contribution in [3.63, 3.8) is 0 Å². The zero-order valence-corrected chi connectivity index (χ0v) is 18.1. The molecular formula is C24H23FN4O4.